The number of alkyl carbamates (subject to hydrolysis) is 1. The van der Waals surface area contributed by atoms with Crippen molar-refractivity contribution in [2.24, 2.45) is 0 Å². The lowest BCUT2D eigenvalue weighted by Gasteiger charge is -2.20. The predicted octanol–water partition coefficient (Wildman–Crippen LogP) is 0.862. The molecule has 16 N–H and O–H groups in total. The zero-order valence-electron chi connectivity index (χ0n) is 50.7. The third-order valence-electron chi connectivity index (χ3n) is 13.2. The van der Waals surface area contributed by atoms with Gasteiger partial charge in [-0.15, -0.1) is 0 Å². The van der Waals surface area contributed by atoms with E-state index in [9.17, 15) is 83.8 Å². The normalized spacial score (nSPS) is 16.2. The molecule has 98 heavy (non-hydrogen) atoms. The highest BCUT2D eigenvalue weighted by atomic mass is 32.2. The van der Waals surface area contributed by atoms with Crippen molar-refractivity contribution in [3.05, 3.63) is 105 Å². The Kier molecular flexibility index (Phi) is 27.9. The van der Waals surface area contributed by atoms with E-state index in [-0.39, 0.29) is 129 Å². The third kappa shape index (κ3) is 23.1. The molecule has 5 atom stereocenters. The summed E-state index contributed by atoms with van der Waals surface area (Å²) in [5.74, 6) is 1.69. The number of carboxylic acid groups (broad SMARTS) is 1. The molecule has 3 aromatic rings. The molecule has 0 spiro atoms. The maximum Gasteiger partial charge on any atom is 0.490 e. The van der Waals surface area contributed by atoms with Crippen LogP contribution >= 0.6 is 23.5 Å². The molecule has 44 heteroatoms. The number of benzene rings is 3. The molecular weight excluding hydrogens is 1410 g/mol. The number of nitrogens with zero attached hydrogens (tertiary/aromatic N) is 4. The molecule has 528 valence electrons. The van der Waals surface area contributed by atoms with Gasteiger partial charge >= 0.3 is 51.3 Å². The molecule has 2 aliphatic heterocycles. The van der Waals surface area contributed by atoms with E-state index in [1.54, 1.807) is 6.07 Å². The fraction of sp³-hybridized carbons (Fsp3) is 0.352. The van der Waals surface area contributed by atoms with Crippen LogP contribution in [-0.4, -0.2) is 162 Å². The number of amides is 3. The molecule has 2 aromatic carbocycles. The Balaban J connectivity index is 0.834. The SMILES string of the molecule is N#C/C=C/O[C@@H]1C[C@H](n2cc(C#CCNC(=O)OCCO/C=C(\C#N)CCOCCOCCNC(=O)CCCCCNC(=O)c3ccc(-c4c5ccc(=[NH2+])c(S(=O)(=O)O)c-5oc5c(S(=O)(=O)O)c(N)ccc45)c(C(=O)O)c3)c(N)nc2=O)O[C@@H]1COP(=O)(O)OP(=O)(O)OP(=O)(O)O. The highest BCUT2D eigenvalue weighted by molar-refractivity contribution is 7.86. The van der Waals surface area contributed by atoms with Crippen molar-refractivity contribution in [2.75, 3.05) is 77.3 Å². The third-order valence-corrected chi connectivity index (χ3v) is 18.9. The van der Waals surface area contributed by atoms with E-state index in [2.05, 4.69) is 45.9 Å². The van der Waals surface area contributed by atoms with Gasteiger partial charge in [0.1, 0.15) is 37.5 Å². The highest BCUT2D eigenvalue weighted by Crippen LogP contribution is 2.66. The standard InChI is InChI=1S/C54H61N10O29P3S2/c55-15-5-19-87-41-27-44(90-42(41)31-89-95(74,75)93-96(76,77)92-94(71,72)73)64-29-34(50(59)63-53(64)69)6-4-17-62-54(70)88-25-24-86-30-32(28-56)14-20-84-22-23-85-21-18-60-43(65)7-2-1-3-16-61-51(66)33-8-9-35(38(26-33)52(67)68)45-36-10-12-39(57)48(97(78,79)80)46(36)91-47-37(45)11-13-40(58)49(47)98(81,82)83/h5,8-13,19,26,29-30,41-42,44,57H,1-3,7,14,16-18,20-25,27,31,58H2,(H,60,65)(H,61,66)(H,62,70)(H,67,68)(H,74,75)(H,76,77)(H2,59,63,69)(H2,71,72,73)(H,78,79,80)(H,81,82,83)/p+1/b19-5+,32-30-,57-39?/t41-,42-,44-/m1/s1. The molecule has 1 aromatic heterocycles. The number of nitriles is 2. The first-order valence-corrected chi connectivity index (χ1v) is 35.6. The fourth-order valence-electron chi connectivity index (χ4n) is 9.03. The number of nitrogens with one attached hydrogen (secondary N) is 3. The van der Waals surface area contributed by atoms with Crippen LogP contribution in [-0.2, 0) is 80.3 Å². The first-order chi connectivity index (χ1) is 46.1. The summed E-state index contributed by atoms with van der Waals surface area (Å²) in [6.45, 7) is -0.691. The predicted molar refractivity (Wildman–Crippen MR) is 331 cm³/mol. The Bertz CT molecular complexity index is 4520. The molecule has 3 heterocycles. The minimum atomic E-state index is -5.85. The lowest BCUT2D eigenvalue weighted by atomic mass is 9.89. The van der Waals surface area contributed by atoms with Crippen LogP contribution in [0.15, 0.2) is 91.8 Å². The summed E-state index contributed by atoms with van der Waals surface area (Å²) in [4.78, 5) is 102. The molecule has 1 fully saturated rings. The molecule has 39 nitrogen and oxygen atoms in total. The number of aromatic nitrogens is 2. The first-order valence-electron chi connectivity index (χ1n) is 28.2. The van der Waals surface area contributed by atoms with Crippen molar-refractivity contribution in [1.29, 1.82) is 10.5 Å². The number of fused-ring (bicyclic) bond motifs is 2. The van der Waals surface area contributed by atoms with Gasteiger partial charge in [0, 0.05) is 66.7 Å². The van der Waals surface area contributed by atoms with Gasteiger partial charge in [0.15, 0.2) is 16.2 Å². The molecule has 6 rings (SSSR count). The van der Waals surface area contributed by atoms with Gasteiger partial charge in [-0.05, 0) is 48.7 Å². The van der Waals surface area contributed by atoms with Crippen LogP contribution in [0.2, 0.25) is 0 Å². The van der Waals surface area contributed by atoms with Crippen LogP contribution in [0.5, 0.6) is 0 Å². The summed E-state index contributed by atoms with van der Waals surface area (Å²) in [5.41, 5.74) is 8.69. The van der Waals surface area contributed by atoms with Gasteiger partial charge in [-0.2, -0.15) is 41.0 Å². The maximum absolute atomic E-state index is 13.2. The number of carbonyl (C=O) groups is 4. The van der Waals surface area contributed by atoms with E-state index in [1.165, 1.54) is 30.5 Å². The minimum Gasteiger partial charge on any atom is -0.497 e. The van der Waals surface area contributed by atoms with Gasteiger partial charge in [-0.3, -0.25) is 33.2 Å². The second kappa shape index (κ2) is 35.0. The van der Waals surface area contributed by atoms with E-state index >= 15 is 0 Å². The fourth-order valence-corrected chi connectivity index (χ4v) is 13.6. The summed E-state index contributed by atoms with van der Waals surface area (Å²) < 4.78 is 156. The second-order valence-corrected chi connectivity index (χ2v) is 27.2. The number of rotatable bonds is 35. The average molecular weight is 1470 g/mol. The number of unbranched alkanes of at least 4 members (excludes halogenated alkanes) is 2. The average Bonchev–Trinajstić information content (AvgIpc) is 0.799. The van der Waals surface area contributed by atoms with E-state index in [0.717, 1.165) is 41.3 Å². The van der Waals surface area contributed by atoms with Crippen molar-refractivity contribution < 1.29 is 135 Å². The molecule has 0 radical (unpaired) electrons. The number of nitrogens with two attached hydrogens (primary N) is 3. The van der Waals surface area contributed by atoms with Gasteiger partial charge in [0.25, 0.3) is 16.0 Å². The largest absolute Gasteiger partial charge is 0.497 e. The number of nitrogen functional groups attached to an aromatic ring is 2. The van der Waals surface area contributed by atoms with Crippen LogP contribution in [0.4, 0.5) is 16.3 Å². The lowest BCUT2D eigenvalue weighted by molar-refractivity contribution is -0.176. The number of carbonyl (C=O) groups excluding carboxylic acids is 3. The number of phosphoric acid groups is 3. The van der Waals surface area contributed by atoms with Crippen molar-refractivity contribution in [3.63, 3.8) is 0 Å². The van der Waals surface area contributed by atoms with Gasteiger partial charge in [0.05, 0.1) is 92.7 Å². The number of ether oxygens (including phenoxy) is 6. The maximum atomic E-state index is 13.2. The summed E-state index contributed by atoms with van der Waals surface area (Å²) in [6, 6.07) is 11.8. The summed E-state index contributed by atoms with van der Waals surface area (Å²) in [6.07, 6.45) is 0.980. The van der Waals surface area contributed by atoms with Crippen molar-refractivity contribution in [1.82, 2.24) is 25.5 Å². The van der Waals surface area contributed by atoms with E-state index < -0.39 is 130 Å². The van der Waals surface area contributed by atoms with Gasteiger partial charge < -0.3 is 84.9 Å². The van der Waals surface area contributed by atoms with Crippen LogP contribution in [0.3, 0.4) is 0 Å². The molecule has 1 aliphatic carbocycles. The topological polar surface area (TPSA) is 622 Å². The molecule has 3 amide bonds. The van der Waals surface area contributed by atoms with Crippen LogP contribution in [0.25, 0.3) is 33.4 Å². The van der Waals surface area contributed by atoms with Crippen molar-refractivity contribution in [3.8, 4) is 46.4 Å². The summed E-state index contributed by atoms with van der Waals surface area (Å²) in [5, 5.41) is 41.6. The van der Waals surface area contributed by atoms with Gasteiger partial charge in [-0.25, -0.2) is 28.1 Å². The second-order valence-electron chi connectivity index (χ2n) is 20.1. The number of allylic oxidation sites excluding steroid dienone is 1. The molecular formula is C54H62N10O29P3S2+. The molecule has 3 aliphatic rings. The van der Waals surface area contributed by atoms with Crippen LogP contribution in [0, 0.1) is 34.5 Å². The Labute approximate surface area is 554 Å². The summed E-state index contributed by atoms with van der Waals surface area (Å²) in [7, 11) is -27.5. The molecule has 0 bridgehead atoms. The van der Waals surface area contributed by atoms with Crippen molar-refractivity contribution >= 4 is 90.1 Å². The zero-order valence-corrected chi connectivity index (χ0v) is 55.0. The Morgan fingerprint density at radius 3 is 2.23 bits per heavy atom. The lowest BCUT2D eigenvalue weighted by Crippen LogP contribution is -2.47. The number of anilines is 2. The van der Waals surface area contributed by atoms with Crippen LogP contribution < -0.4 is 43.9 Å². The number of aromatic carboxylic acids is 1. The monoisotopic (exact) mass is 1470 g/mol. The van der Waals surface area contributed by atoms with E-state index in [4.69, 9.17) is 64.8 Å². The van der Waals surface area contributed by atoms with Gasteiger partial charge in [0.2, 0.25) is 16.2 Å². The van der Waals surface area contributed by atoms with Gasteiger partial charge in [-0.1, -0.05) is 24.3 Å². The van der Waals surface area contributed by atoms with E-state index in [1.807, 2.05) is 6.07 Å². The number of carboxylic acids is 1. The van der Waals surface area contributed by atoms with E-state index in [0.29, 0.717) is 19.3 Å². The molecule has 1 saturated heterocycles. The Morgan fingerprint density at radius 2 is 1.55 bits per heavy atom. The number of phosphoric ester groups is 1. The Morgan fingerprint density at radius 1 is 0.837 bits per heavy atom. The summed E-state index contributed by atoms with van der Waals surface area (Å²) >= 11 is 0. The molecule has 2 unspecified atom stereocenters. The number of hydrogen-bond donors (Lipinski definition) is 13. The number of hydrogen-bond acceptors (Lipinski definition) is 27. The van der Waals surface area contributed by atoms with Crippen LogP contribution in [0.1, 0.15) is 71.0 Å². The molecule has 0 saturated carbocycles. The quantitative estimate of drug-likeness (QED) is 0.00391. The minimum absolute atomic E-state index is 0.0359. The van der Waals surface area contributed by atoms with Crippen molar-refractivity contribution in [2.45, 2.75) is 66.8 Å². The highest BCUT2D eigenvalue weighted by Gasteiger charge is 2.44. The first kappa shape index (κ1) is 78.0. The smallest absolute Gasteiger partial charge is 0.490 e. The zero-order chi connectivity index (χ0) is 72.2. The Hall–Kier alpha value is -8.98.